The van der Waals surface area contributed by atoms with Gasteiger partial charge >= 0.3 is 0 Å². The molecule has 0 saturated carbocycles. The van der Waals surface area contributed by atoms with Gasteiger partial charge in [-0.25, -0.2) is 0 Å². The van der Waals surface area contributed by atoms with Crippen LogP contribution in [0.5, 0.6) is 0 Å². The maximum atomic E-state index is 12.2. The van der Waals surface area contributed by atoms with Gasteiger partial charge in [0.1, 0.15) is 6.04 Å². The molecule has 1 aliphatic heterocycles. The number of amides is 1. The maximum Gasteiger partial charge on any atom is 0.243 e. The number of nitrogens with two attached hydrogens (primary N) is 1. The van der Waals surface area contributed by atoms with E-state index in [9.17, 15) is 4.79 Å². The molecule has 0 aliphatic carbocycles. The van der Waals surface area contributed by atoms with E-state index >= 15 is 0 Å². The number of benzene rings is 2. The number of carbonyl (C=O) groups is 1. The Hall–Kier alpha value is -2.37. The van der Waals surface area contributed by atoms with Crippen LogP contribution < -0.4 is 16.0 Å². The molecule has 3 rings (SSSR count). The van der Waals surface area contributed by atoms with Crippen molar-refractivity contribution in [3.63, 3.8) is 0 Å². The Kier molecular flexibility index (Phi) is 4.60. The minimum absolute atomic E-state index is 0.195. The van der Waals surface area contributed by atoms with Crippen molar-refractivity contribution in [2.45, 2.75) is 12.5 Å². The van der Waals surface area contributed by atoms with Crippen LogP contribution in [-0.4, -0.2) is 32.2 Å². The smallest absolute Gasteiger partial charge is 0.243 e. The molecular formula is C18H21N3O2. The largest absolute Gasteiger partial charge is 0.383 e. The van der Waals surface area contributed by atoms with E-state index in [-0.39, 0.29) is 12.5 Å². The molecule has 0 aromatic heterocycles. The SMILES string of the molecule is COCC(N)C(=O)Nc1ccccc1N1CCc2ccccc21. The number of para-hydroxylation sites is 3. The van der Waals surface area contributed by atoms with Crippen LogP contribution in [0.4, 0.5) is 17.1 Å². The monoisotopic (exact) mass is 311 g/mol. The summed E-state index contributed by atoms with van der Waals surface area (Å²) in [5, 5.41) is 2.92. The van der Waals surface area contributed by atoms with Gasteiger partial charge < -0.3 is 20.7 Å². The van der Waals surface area contributed by atoms with E-state index in [0.29, 0.717) is 0 Å². The fraction of sp³-hybridized carbons (Fsp3) is 0.278. The molecule has 1 heterocycles. The van der Waals surface area contributed by atoms with Crippen molar-refractivity contribution in [3.05, 3.63) is 54.1 Å². The number of ether oxygens (including phenoxy) is 1. The van der Waals surface area contributed by atoms with E-state index in [4.69, 9.17) is 10.5 Å². The Morgan fingerprint density at radius 3 is 2.70 bits per heavy atom. The molecule has 1 aliphatic rings. The molecule has 5 nitrogen and oxygen atoms in total. The highest BCUT2D eigenvalue weighted by Gasteiger charge is 2.23. The predicted octanol–water partition coefficient (Wildman–Crippen LogP) is 2.29. The fourth-order valence-corrected chi connectivity index (χ4v) is 2.88. The van der Waals surface area contributed by atoms with Gasteiger partial charge in [0.15, 0.2) is 0 Å². The molecule has 2 aromatic carbocycles. The molecule has 0 fully saturated rings. The lowest BCUT2D eigenvalue weighted by atomic mass is 10.1. The van der Waals surface area contributed by atoms with Gasteiger partial charge in [-0.2, -0.15) is 0 Å². The summed E-state index contributed by atoms with van der Waals surface area (Å²) in [5.41, 5.74) is 10.1. The van der Waals surface area contributed by atoms with Crippen LogP contribution in [0.1, 0.15) is 5.56 Å². The van der Waals surface area contributed by atoms with Crippen molar-refractivity contribution in [2.24, 2.45) is 5.73 Å². The van der Waals surface area contributed by atoms with Crippen LogP contribution in [0.3, 0.4) is 0 Å². The second-order valence-corrected chi connectivity index (χ2v) is 5.60. The molecule has 1 amide bonds. The Labute approximate surface area is 136 Å². The van der Waals surface area contributed by atoms with E-state index < -0.39 is 6.04 Å². The summed E-state index contributed by atoms with van der Waals surface area (Å²) in [6.07, 6.45) is 1.00. The fourth-order valence-electron chi connectivity index (χ4n) is 2.88. The zero-order valence-electron chi connectivity index (χ0n) is 13.2. The average Bonchev–Trinajstić information content (AvgIpc) is 2.99. The number of hydrogen-bond donors (Lipinski definition) is 2. The van der Waals surface area contributed by atoms with Gasteiger partial charge in [-0.3, -0.25) is 4.79 Å². The van der Waals surface area contributed by atoms with E-state index in [0.717, 1.165) is 24.3 Å². The normalized spacial score (nSPS) is 14.4. The average molecular weight is 311 g/mol. The topological polar surface area (TPSA) is 67.6 Å². The molecular weight excluding hydrogens is 290 g/mol. The van der Waals surface area contributed by atoms with E-state index in [2.05, 4.69) is 28.4 Å². The summed E-state index contributed by atoms with van der Waals surface area (Å²) < 4.78 is 4.94. The van der Waals surface area contributed by atoms with E-state index in [1.54, 1.807) is 0 Å². The van der Waals surface area contributed by atoms with Crippen LogP contribution in [0, 0.1) is 0 Å². The number of nitrogens with one attached hydrogen (secondary N) is 1. The standard InChI is InChI=1S/C18H21N3O2/c1-23-12-14(19)18(22)20-15-7-3-5-9-17(15)21-11-10-13-6-2-4-8-16(13)21/h2-9,14H,10-12,19H2,1H3,(H,20,22). The van der Waals surface area contributed by atoms with Crippen molar-refractivity contribution in [3.8, 4) is 0 Å². The van der Waals surface area contributed by atoms with Crippen molar-refractivity contribution in [1.29, 1.82) is 0 Å². The number of anilines is 3. The number of fused-ring (bicyclic) bond motifs is 1. The molecule has 0 spiro atoms. The Morgan fingerprint density at radius 2 is 1.91 bits per heavy atom. The molecule has 120 valence electrons. The molecule has 23 heavy (non-hydrogen) atoms. The van der Waals surface area contributed by atoms with Crippen LogP contribution in [0.25, 0.3) is 0 Å². The summed E-state index contributed by atoms with van der Waals surface area (Å²) in [4.78, 5) is 14.4. The third kappa shape index (κ3) is 3.21. The molecule has 5 heteroatoms. The molecule has 1 atom stereocenters. The summed E-state index contributed by atoms with van der Waals surface area (Å²) in [6, 6.07) is 15.4. The number of methoxy groups -OCH3 is 1. The minimum Gasteiger partial charge on any atom is -0.383 e. The lowest BCUT2D eigenvalue weighted by Crippen LogP contribution is -2.39. The number of carbonyl (C=O) groups excluding carboxylic acids is 1. The van der Waals surface area contributed by atoms with Crippen LogP contribution in [-0.2, 0) is 16.0 Å². The highest BCUT2D eigenvalue weighted by molar-refractivity contribution is 5.98. The Balaban J connectivity index is 1.86. The van der Waals surface area contributed by atoms with Gasteiger partial charge in [-0.05, 0) is 30.2 Å². The molecule has 1 unspecified atom stereocenters. The minimum atomic E-state index is -0.682. The highest BCUT2D eigenvalue weighted by Crippen LogP contribution is 2.38. The number of rotatable bonds is 5. The third-order valence-corrected chi connectivity index (χ3v) is 4.02. The van der Waals surface area contributed by atoms with Crippen molar-refractivity contribution in [2.75, 3.05) is 30.5 Å². The van der Waals surface area contributed by atoms with Crippen LogP contribution in [0.15, 0.2) is 48.5 Å². The van der Waals surface area contributed by atoms with E-state index in [1.807, 2.05) is 30.3 Å². The second kappa shape index (κ2) is 6.81. The van der Waals surface area contributed by atoms with Crippen molar-refractivity contribution in [1.82, 2.24) is 0 Å². The number of nitrogens with zero attached hydrogens (tertiary/aromatic N) is 1. The molecule has 0 radical (unpaired) electrons. The summed E-state index contributed by atoms with van der Waals surface area (Å²) in [6.45, 7) is 1.09. The first-order valence-electron chi connectivity index (χ1n) is 7.70. The summed E-state index contributed by atoms with van der Waals surface area (Å²) in [5.74, 6) is -0.244. The Morgan fingerprint density at radius 1 is 1.22 bits per heavy atom. The number of hydrogen-bond acceptors (Lipinski definition) is 4. The molecule has 3 N–H and O–H groups in total. The van der Waals surface area contributed by atoms with Gasteiger partial charge in [0, 0.05) is 19.3 Å². The quantitative estimate of drug-likeness (QED) is 0.889. The van der Waals surface area contributed by atoms with Gasteiger partial charge in [0.25, 0.3) is 0 Å². The Bertz CT molecular complexity index is 702. The first-order valence-corrected chi connectivity index (χ1v) is 7.70. The van der Waals surface area contributed by atoms with Gasteiger partial charge in [0.2, 0.25) is 5.91 Å². The van der Waals surface area contributed by atoms with Crippen molar-refractivity contribution < 1.29 is 9.53 Å². The highest BCUT2D eigenvalue weighted by atomic mass is 16.5. The van der Waals surface area contributed by atoms with Gasteiger partial charge in [-0.1, -0.05) is 30.3 Å². The first-order chi connectivity index (χ1) is 11.2. The van der Waals surface area contributed by atoms with Crippen LogP contribution in [0.2, 0.25) is 0 Å². The lowest BCUT2D eigenvalue weighted by Gasteiger charge is -2.23. The maximum absolute atomic E-state index is 12.2. The van der Waals surface area contributed by atoms with Crippen LogP contribution >= 0.6 is 0 Å². The van der Waals surface area contributed by atoms with E-state index in [1.165, 1.54) is 18.4 Å². The first kappa shape index (κ1) is 15.5. The predicted molar refractivity (Wildman–Crippen MR) is 92.1 cm³/mol. The molecule has 2 aromatic rings. The summed E-state index contributed by atoms with van der Waals surface area (Å²) in [7, 11) is 1.53. The summed E-state index contributed by atoms with van der Waals surface area (Å²) >= 11 is 0. The second-order valence-electron chi connectivity index (χ2n) is 5.60. The molecule has 0 saturated heterocycles. The van der Waals surface area contributed by atoms with Gasteiger partial charge in [0.05, 0.1) is 18.0 Å². The lowest BCUT2D eigenvalue weighted by molar-refractivity contribution is -0.118. The third-order valence-electron chi connectivity index (χ3n) is 4.02. The zero-order chi connectivity index (χ0) is 16.2. The molecule has 0 bridgehead atoms. The zero-order valence-corrected chi connectivity index (χ0v) is 13.2. The van der Waals surface area contributed by atoms with Crippen molar-refractivity contribution >= 4 is 23.0 Å². The van der Waals surface area contributed by atoms with Gasteiger partial charge in [-0.15, -0.1) is 0 Å².